The van der Waals surface area contributed by atoms with Crippen LogP contribution in [0.15, 0.2) is 18.2 Å². The van der Waals surface area contributed by atoms with E-state index in [0.29, 0.717) is 25.3 Å². The monoisotopic (exact) mass is 279 g/mol. The van der Waals surface area contributed by atoms with Crippen molar-refractivity contribution in [3.63, 3.8) is 0 Å². The first-order valence-corrected chi connectivity index (χ1v) is 6.26. The highest BCUT2D eigenvalue weighted by Gasteiger charge is 2.11. The third-order valence-electron chi connectivity index (χ3n) is 2.70. The maximum absolute atomic E-state index is 13.2. The number of halogens is 1. The molecule has 5 nitrogen and oxygen atoms in total. The summed E-state index contributed by atoms with van der Waals surface area (Å²) in [6.07, 6.45) is 0. The zero-order valence-electron chi connectivity index (χ0n) is 11.6. The highest BCUT2D eigenvalue weighted by Crippen LogP contribution is 2.08. The van der Waals surface area contributed by atoms with E-state index in [1.165, 1.54) is 12.1 Å². The molecule has 0 aliphatic heterocycles. The van der Waals surface area contributed by atoms with Gasteiger partial charge in [-0.1, -0.05) is 0 Å². The second-order valence-corrected chi connectivity index (χ2v) is 4.35. The van der Waals surface area contributed by atoms with Crippen molar-refractivity contribution in [2.24, 2.45) is 0 Å². The number of benzene rings is 1. The first-order chi connectivity index (χ1) is 9.56. The molecular weight excluding hydrogens is 261 g/mol. The quantitative estimate of drug-likeness (QED) is 0.728. The minimum atomic E-state index is -0.460. The van der Waals surface area contributed by atoms with Gasteiger partial charge in [-0.25, -0.2) is 4.39 Å². The van der Waals surface area contributed by atoms with E-state index >= 15 is 0 Å². The summed E-state index contributed by atoms with van der Waals surface area (Å²) < 4.78 is 18.1. The van der Waals surface area contributed by atoms with Crippen LogP contribution in [0.4, 0.5) is 4.39 Å². The van der Waals surface area contributed by atoms with Gasteiger partial charge in [-0.05, 0) is 30.7 Å². The molecule has 1 unspecified atom stereocenters. The van der Waals surface area contributed by atoms with Crippen molar-refractivity contribution in [1.82, 2.24) is 10.6 Å². The summed E-state index contributed by atoms with van der Waals surface area (Å²) in [6.45, 7) is 2.92. The zero-order chi connectivity index (χ0) is 15.0. The Labute approximate surface area is 117 Å². The Morgan fingerprint density at radius 2 is 2.25 bits per heavy atom. The molecule has 1 atom stereocenters. The fourth-order valence-corrected chi connectivity index (χ4v) is 1.61. The van der Waals surface area contributed by atoms with E-state index in [4.69, 9.17) is 10.00 Å². The second-order valence-electron chi connectivity index (χ2n) is 4.35. The minimum absolute atomic E-state index is 0.154. The summed E-state index contributed by atoms with van der Waals surface area (Å²) in [5.74, 6) is -0.614. The lowest BCUT2D eigenvalue weighted by Gasteiger charge is -2.14. The van der Waals surface area contributed by atoms with Crippen LogP contribution in [0, 0.1) is 17.1 Å². The number of hydrogen-bond acceptors (Lipinski definition) is 4. The van der Waals surface area contributed by atoms with Gasteiger partial charge in [-0.3, -0.25) is 4.79 Å². The summed E-state index contributed by atoms with van der Waals surface area (Å²) >= 11 is 0. The third kappa shape index (κ3) is 5.34. The van der Waals surface area contributed by atoms with Crippen LogP contribution in [0.3, 0.4) is 0 Å². The van der Waals surface area contributed by atoms with E-state index in [-0.39, 0.29) is 11.5 Å². The van der Waals surface area contributed by atoms with Gasteiger partial charge >= 0.3 is 0 Å². The van der Waals surface area contributed by atoms with Crippen LogP contribution >= 0.6 is 0 Å². The molecule has 0 aliphatic rings. The van der Waals surface area contributed by atoms with Gasteiger partial charge in [0.15, 0.2) is 0 Å². The Balaban J connectivity index is 2.48. The summed E-state index contributed by atoms with van der Waals surface area (Å²) in [6, 6.07) is 5.57. The van der Waals surface area contributed by atoms with E-state index in [9.17, 15) is 9.18 Å². The number of carbonyl (C=O) groups excluding carboxylic acids is 1. The number of nitrogens with one attached hydrogen (secondary N) is 2. The number of amides is 1. The Morgan fingerprint density at radius 1 is 1.50 bits per heavy atom. The average Bonchev–Trinajstić information content (AvgIpc) is 2.44. The predicted molar refractivity (Wildman–Crippen MR) is 72.3 cm³/mol. The number of rotatable bonds is 7. The standard InChI is InChI=1S/C14H18FN3O2/c1-10(14(19)17-3-4-20-2)18-9-12-5-11(8-16)6-13(15)7-12/h5-7,10,18H,3-4,9H2,1-2H3,(H,17,19). The predicted octanol–water partition coefficient (Wildman–Crippen LogP) is 0.938. The van der Waals surface area contributed by atoms with Gasteiger partial charge in [0.25, 0.3) is 0 Å². The molecule has 0 saturated carbocycles. The van der Waals surface area contributed by atoms with E-state index in [1.54, 1.807) is 20.1 Å². The molecule has 0 bridgehead atoms. The third-order valence-corrected chi connectivity index (χ3v) is 2.70. The zero-order valence-corrected chi connectivity index (χ0v) is 11.6. The highest BCUT2D eigenvalue weighted by atomic mass is 19.1. The highest BCUT2D eigenvalue weighted by molar-refractivity contribution is 5.81. The van der Waals surface area contributed by atoms with E-state index in [1.807, 2.05) is 6.07 Å². The summed E-state index contributed by atoms with van der Waals surface area (Å²) in [5, 5.41) is 14.4. The van der Waals surface area contributed by atoms with Crippen LogP contribution in [0.2, 0.25) is 0 Å². The van der Waals surface area contributed by atoms with Crippen LogP contribution in [0.5, 0.6) is 0 Å². The van der Waals surface area contributed by atoms with E-state index in [0.717, 1.165) is 0 Å². The minimum Gasteiger partial charge on any atom is -0.383 e. The SMILES string of the molecule is COCCNC(=O)C(C)NCc1cc(F)cc(C#N)c1. The summed E-state index contributed by atoms with van der Waals surface area (Å²) in [5.41, 5.74) is 0.886. The Hall–Kier alpha value is -1.97. The number of nitrogens with zero attached hydrogens (tertiary/aromatic N) is 1. The first-order valence-electron chi connectivity index (χ1n) is 6.26. The van der Waals surface area contributed by atoms with Gasteiger partial charge in [-0.15, -0.1) is 0 Å². The number of hydrogen-bond donors (Lipinski definition) is 2. The molecule has 0 heterocycles. The molecule has 1 aromatic rings. The molecule has 2 N–H and O–H groups in total. The normalized spacial score (nSPS) is 11.7. The lowest BCUT2D eigenvalue weighted by molar-refractivity contribution is -0.122. The number of nitriles is 1. The van der Waals surface area contributed by atoms with Crippen LogP contribution in [-0.2, 0) is 16.1 Å². The topological polar surface area (TPSA) is 74.2 Å². The van der Waals surface area contributed by atoms with Crippen molar-refractivity contribution in [2.45, 2.75) is 19.5 Å². The molecule has 0 radical (unpaired) electrons. The molecule has 0 saturated heterocycles. The smallest absolute Gasteiger partial charge is 0.236 e. The number of carbonyl (C=O) groups is 1. The van der Waals surface area contributed by atoms with Crippen molar-refractivity contribution in [2.75, 3.05) is 20.3 Å². The lowest BCUT2D eigenvalue weighted by Crippen LogP contribution is -2.42. The van der Waals surface area contributed by atoms with Gasteiger partial charge in [0.2, 0.25) is 5.91 Å². The van der Waals surface area contributed by atoms with Crippen LogP contribution < -0.4 is 10.6 Å². The average molecular weight is 279 g/mol. The molecule has 20 heavy (non-hydrogen) atoms. The number of ether oxygens (including phenoxy) is 1. The van der Waals surface area contributed by atoms with Crippen LogP contribution in [0.25, 0.3) is 0 Å². The Bertz CT molecular complexity index is 500. The van der Waals surface area contributed by atoms with Crippen LogP contribution in [-0.4, -0.2) is 32.2 Å². The van der Waals surface area contributed by atoms with Gasteiger partial charge < -0.3 is 15.4 Å². The lowest BCUT2D eigenvalue weighted by atomic mass is 10.1. The fraction of sp³-hybridized carbons (Fsp3) is 0.429. The largest absolute Gasteiger partial charge is 0.383 e. The van der Waals surface area contributed by atoms with Gasteiger partial charge in [-0.2, -0.15) is 5.26 Å². The summed E-state index contributed by atoms with van der Waals surface area (Å²) in [4.78, 5) is 11.7. The van der Waals surface area contributed by atoms with Crippen molar-refractivity contribution < 1.29 is 13.9 Å². The van der Waals surface area contributed by atoms with Crippen molar-refractivity contribution in [3.05, 3.63) is 35.1 Å². The molecule has 1 aromatic carbocycles. The molecule has 0 spiro atoms. The van der Waals surface area contributed by atoms with Gasteiger partial charge in [0.05, 0.1) is 24.3 Å². The molecule has 108 valence electrons. The second kappa shape index (κ2) is 8.25. The van der Waals surface area contributed by atoms with Crippen molar-refractivity contribution in [1.29, 1.82) is 5.26 Å². The molecule has 1 rings (SSSR count). The Morgan fingerprint density at radius 3 is 2.90 bits per heavy atom. The van der Waals surface area contributed by atoms with Crippen molar-refractivity contribution in [3.8, 4) is 6.07 Å². The molecule has 1 amide bonds. The van der Waals surface area contributed by atoms with E-state index < -0.39 is 11.9 Å². The molecule has 0 aromatic heterocycles. The fourth-order valence-electron chi connectivity index (χ4n) is 1.61. The maximum atomic E-state index is 13.2. The number of methoxy groups -OCH3 is 1. The summed E-state index contributed by atoms with van der Waals surface area (Å²) in [7, 11) is 1.56. The van der Waals surface area contributed by atoms with Gasteiger partial charge in [0.1, 0.15) is 5.82 Å². The molecule has 6 heteroatoms. The maximum Gasteiger partial charge on any atom is 0.236 e. The van der Waals surface area contributed by atoms with Crippen LogP contribution in [0.1, 0.15) is 18.1 Å². The Kier molecular flexibility index (Phi) is 6.64. The van der Waals surface area contributed by atoms with E-state index in [2.05, 4.69) is 10.6 Å². The first kappa shape index (κ1) is 16.1. The van der Waals surface area contributed by atoms with Crippen molar-refractivity contribution >= 4 is 5.91 Å². The molecular formula is C14H18FN3O2. The molecule has 0 aliphatic carbocycles. The van der Waals surface area contributed by atoms with Gasteiger partial charge in [0, 0.05) is 20.2 Å². The molecule has 0 fully saturated rings.